The molecule has 0 unspecified atom stereocenters. The molecule has 0 bridgehead atoms. The molecule has 0 aliphatic heterocycles. The van der Waals surface area contributed by atoms with E-state index in [1.165, 1.54) is 12.7 Å². The van der Waals surface area contributed by atoms with Crippen molar-refractivity contribution < 1.29 is 9.53 Å². The van der Waals surface area contributed by atoms with Gasteiger partial charge in [0.2, 0.25) is 0 Å². The molecule has 0 atom stereocenters. The van der Waals surface area contributed by atoms with Crippen LogP contribution in [0.2, 0.25) is 5.02 Å². The van der Waals surface area contributed by atoms with E-state index in [-0.39, 0.29) is 5.91 Å². The Labute approximate surface area is 128 Å². The molecule has 6 heteroatoms. The number of carbonyl (C=O) groups is 1. The Morgan fingerprint density at radius 1 is 1.48 bits per heavy atom. The molecule has 2 rings (SSSR count). The van der Waals surface area contributed by atoms with Gasteiger partial charge in [-0.2, -0.15) is 5.10 Å². The first-order valence-electron chi connectivity index (χ1n) is 6.72. The van der Waals surface area contributed by atoms with Crippen LogP contribution >= 0.6 is 11.6 Å². The third kappa shape index (κ3) is 3.98. The van der Waals surface area contributed by atoms with Crippen molar-refractivity contribution in [1.29, 1.82) is 0 Å². The van der Waals surface area contributed by atoms with Crippen molar-refractivity contribution in [3.8, 4) is 5.75 Å². The Balaban J connectivity index is 1.87. The molecule has 1 aromatic carbocycles. The van der Waals surface area contributed by atoms with Crippen molar-refractivity contribution in [3.63, 3.8) is 0 Å². The van der Waals surface area contributed by atoms with Gasteiger partial charge in [-0.05, 0) is 43.5 Å². The van der Waals surface area contributed by atoms with Gasteiger partial charge in [0.1, 0.15) is 5.75 Å². The number of halogens is 1. The summed E-state index contributed by atoms with van der Waals surface area (Å²) in [6, 6.07) is 4.99. The van der Waals surface area contributed by atoms with Crippen LogP contribution < -0.4 is 10.1 Å². The molecule has 0 aliphatic carbocycles. The SMILES string of the molecule is COc1ccc(Cl)cc1C(=O)NCCCc1cn[nH]c1C. The van der Waals surface area contributed by atoms with Crippen molar-refractivity contribution in [2.24, 2.45) is 0 Å². The van der Waals surface area contributed by atoms with Crippen molar-refractivity contribution in [2.75, 3.05) is 13.7 Å². The van der Waals surface area contributed by atoms with Gasteiger partial charge < -0.3 is 10.1 Å². The molecule has 2 N–H and O–H groups in total. The first kappa shape index (κ1) is 15.4. The third-order valence-electron chi connectivity index (χ3n) is 3.25. The van der Waals surface area contributed by atoms with E-state index in [4.69, 9.17) is 16.3 Å². The van der Waals surface area contributed by atoms with Crippen LogP contribution in [0.15, 0.2) is 24.4 Å². The number of aromatic amines is 1. The number of H-pyrrole nitrogens is 1. The summed E-state index contributed by atoms with van der Waals surface area (Å²) >= 11 is 5.92. The van der Waals surface area contributed by atoms with E-state index in [1.807, 2.05) is 13.1 Å². The Morgan fingerprint density at radius 2 is 2.29 bits per heavy atom. The van der Waals surface area contributed by atoms with Gasteiger partial charge in [0.15, 0.2) is 0 Å². The average Bonchev–Trinajstić information content (AvgIpc) is 2.88. The summed E-state index contributed by atoms with van der Waals surface area (Å²) in [7, 11) is 1.53. The highest BCUT2D eigenvalue weighted by atomic mass is 35.5. The van der Waals surface area contributed by atoms with Gasteiger partial charge in [-0.1, -0.05) is 11.6 Å². The zero-order valence-electron chi connectivity index (χ0n) is 12.1. The van der Waals surface area contributed by atoms with Crippen molar-refractivity contribution in [2.45, 2.75) is 19.8 Å². The Bertz CT molecular complexity index is 625. The molecule has 0 saturated carbocycles. The number of nitrogens with one attached hydrogen (secondary N) is 2. The van der Waals surface area contributed by atoms with Gasteiger partial charge in [-0.3, -0.25) is 9.89 Å². The number of hydrogen-bond donors (Lipinski definition) is 2. The first-order chi connectivity index (χ1) is 10.1. The Kier molecular flexibility index (Phi) is 5.22. The first-order valence-corrected chi connectivity index (χ1v) is 7.10. The van der Waals surface area contributed by atoms with Gasteiger partial charge in [0.05, 0.1) is 18.9 Å². The molecule has 5 nitrogen and oxygen atoms in total. The standard InChI is InChI=1S/C15H18ClN3O2/c1-10-11(9-18-19-10)4-3-7-17-15(20)13-8-12(16)5-6-14(13)21-2/h5-6,8-9H,3-4,7H2,1-2H3,(H,17,20)(H,18,19). The van der Waals surface area contributed by atoms with Gasteiger partial charge in [0.25, 0.3) is 5.91 Å². The largest absolute Gasteiger partial charge is 0.496 e. The summed E-state index contributed by atoms with van der Waals surface area (Å²) in [5.41, 5.74) is 2.69. The number of methoxy groups -OCH3 is 1. The molecule has 112 valence electrons. The summed E-state index contributed by atoms with van der Waals surface area (Å²) in [6.45, 7) is 2.57. The lowest BCUT2D eigenvalue weighted by molar-refractivity contribution is 0.0950. The lowest BCUT2D eigenvalue weighted by atomic mass is 10.1. The van der Waals surface area contributed by atoms with Crippen LogP contribution in [0.5, 0.6) is 5.75 Å². The molecule has 0 fully saturated rings. The number of aryl methyl sites for hydroxylation is 2. The van der Waals surface area contributed by atoms with E-state index in [0.717, 1.165) is 18.5 Å². The molecule has 0 saturated heterocycles. The molecule has 21 heavy (non-hydrogen) atoms. The zero-order chi connectivity index (χ0) is 15.2. The van der Waals surface area contributed by atoms with Crippen LogP contribution in [0, 0.1) is 6.92 Å². The van der Waals surface area contributed by atoms with Crippen LogP contribution in [-0.4, -0.2) is 29.8 Å². The average molecular weight is 308 g/mol. The summed E-state index contributed by atoms with van der Waals surface area (Å²) < 4.78 is 5.17. The van der Waals surface area contributed by atoms with Gasteiger partial charge >= 0.3 is 0 Å². The number of rotatable bonds is 6. The predicted molar refractivity (Wildman–Crippen MR) is 82.0 cm³/mol. The van der Waals surface area contributed by atoms with E-state index in [9.17, 15) is 4.79 Å². The Hall–Kier alpha value is -2.01. The molecule has 2 aromatic rings. The highest BCUT2D eigenvalue weighted by molar-refractivity contribution is 6.31. The molecular weight excluding hydrogens is 290 g/mol. The lowest BCUT2D eigenvalue weighted by Crippen LogP contribution is -2.25. The predicted octanol–water partition coefficient (Wildman–Crippen LogP) is 2.74. The van der Waals surface area contributed by atoms with E-state index in [0.29, 0.717) is 22.9 Å². The Morgan fingerprint density at radius 3 is 2.95 bits per heavy atom. The highest BCUT2D eigenvalue weighted by Gasteiger charge is 2.12. The topological polar surface area (TPSA) is 67.0 Å². The normalized spacial score (nSPS) is 10.4. The number of aromatic nitrogens is 2. The second kappa shape index (κ2) is 7.13. The maximum absolute atomic E-state index is 12.1. The second-order valence-corrected chi connectivity index (χ2v) is 5.16. The summed E-state index contributed by atoms with van der Waals surface area (Å²) in [6.07, 6.45) is 3.53. The maximum atomic E-state index is 12.1. The van der Waals surface area contributed by atoms with Crippen LogP contribution in [0.3, 0.4) is 0 Å². The molecule has 0 spiro atoms. The smallest absolute Gasteiger partial charge is 0.255 e. The molecule has 1 amide bonds. The lowest BCUT2D eigenvalue weighted by Gasteiger charge is -2.09. The quantitative estimate of drug-likeness (QED) is 0.806. The minimum absolute atomic E-state index is 0.182. The fourth-order valence-corrected chi connectivity index (χ4v) is 2.23. The van der Waals surface area contributed by atoms with Gasteiger partial charge in [0, 0.05) is 17.3 Å². The van der Waals surface area contributed by atoms with Crippen molar-refractivity contribution in [3.05, 3.63) is 46.2 Å². The summed E-state index contributed by atoms with van der Waals surface area (Å²) in [5.74, 6) is 0.334. The third-order valence-corrected chi connectivity index (χ3v) is 3.48. The van der Waals surface area contributed by atoms with Gasteiger partial charge in [-0.25, -0.2) is 0 Å². The van der Waals surface area contributed by atoms with Crippen molar-refractivity contribution in [1.82, 2.24) is 15.5 Å². The number of ether oxygens (including phenoxy) is 1. The van der Waals surface area contributed by atoms with Crippen LogP contribution in [0.25, 0.3) is 0 Å². The van der Waals surface area contributed by atoms with Crippen molar-refractivity contribution >= 4 is 17.5 Å². The number of amides is 1. The number of carbonyl (C=O) groups excluding carboxylic acids is 1. The molecule has 0 radical (unpaired) electrons. The second-order valence-electron chi connectivity index (χ2n) is 4.72. The van der Waals surface area contributed by atoms with E-state index >= 15 is 0 Å². The van der Waals surface area contributed by atoms with E-state index in [2.05, 4.69) is 15.5 Å². The summed E-state index contributed by atoms with van der Waals surface area (Å²) in [5, 5.41) is 10.3. The van der Waals surface area contributed by atoms with Crippen LogP contribution in [0.1, 0.15) is 28.0 Å². The number of benzene rings is 1. The minimum Gasteiger partial charge on any atom is -0.496 e. The number of nitrogens with zero attached hydrogens (tertiary/aromatic N) is 1. The molecule has 1 aromatic heterocycles. The van der Waals surface area contributed by atoms with Crippen LogP contribution in [-0.2, 0) is 6.42 Å². The minimum atomic E-state index is -0.182. The van der Waals surface area contributed by atoms with Gasteiger partial charge in [-0.15, -0.1) is 0 Å². The monoisotopic (exact) mass is 307 g/mol. The molecule has 0 aliphatic rings. The molecule has 1 heterocycles. The van der Waals surface area contributed by atoms with E-state index < -0.39 is 0 Å². The van der Waals surface area contributed by atoms with E-state index in [1.54, 1.807) is 18.2 Å². The maximum Gasteiger partial charge on any atom is 0.255 e. The zero-order valence-corrected chi connectivity index (χ0v) is 12.8. The molecular formula is C15H18ClN3O2. The summed E-state index contributed by atoms with van der Waals surface area (Å²) in [4.78, 5) is 12.1. The highest BCUT2D eigenvalue weighted by Crippen LogP contribution is 2.22. The van der Waals surface area contributed by atoms with Crippen LogP contribution in [0.4, 0.5) is 0 Å². The number of hydrogen-bond acceptors (Lipinski definition) is 3. The fraction of sp³-hybridized carbons (Fsp3) is 0.333. The fourth-order valence-electron chi connectivity index (χ4n) is 2.06.